The zero-order valence-corrected chi connectivity index (χ0v) is 15.9. The van der Waals surface area contributed by atoms with Crippen LogP contribution in [0.2, 0.25) is 0 Å². The Bertz CT molecular complexity index is 446. The van der Waals surface area contributed by atoms with E-state index in [9.17, 15) is 19.5 Å². The monoisotopic (exact) mass is 359 g/mol. The fourth-order valence-corrected chi connectivity index (χ4v) is 2.18. The van der Waals surface area contributed by atoms with Crippen LogP contribution in [0, 0.1) is 5.92 Å². The fraction of sp³-hybridized carbons (Fsp3) is 0.824. The molecule has 0 heterocycles. The highest BCUT2D eigenvalue weighted by Crippen LogP contribution is 2.10. The van der Waals surface area contributed by atoms with Gasteiger partial charge in [-0.05, 0) is 58.9 Å². The van der Waals surface area contributed by atoms with E-state index in [2.05, 4.69) is 10.6 Å². The zero-order valence-electron chi connectivity index (χ0n) is 15.9. The minimum atomic E-state index is -1.11. The molecule has 0 unspecified atom stereocenters. The molecule has 25 heavy (non-hydrogen) atoms. The van der Waals surface area contributed by atoms with Crippen LogP contribution in [0.4, 0.5) is 4.79 Å². The predicted molar refractivity (Wildman–Crippen MR) is 95.1 cm³/mol. The Morgan fingerprint density at radius 2 is 1.68 bits per heavy atom. The first kappa shape index (κ1) is 23.2. The van der Waals surface area contributed by atoms with E-state index >= 15 is 0 Å². The molecule has 0 aliphatic carbocycles. The Kier molecular flexibility index (Phi) is 10.1. The van der Waals surface area contributed by atoms with Crippen molar-refractivity contribution in [3.05, 3.63) is 0 Å². The van der Waals surface area contributed by atoms with Gasteiger partial charge in [-0.25, -0.2) is 9.59 Å². The molecule has 0 radical (unpaired) electrons. The molecule has 8 heteroatoms. The summed E-state index contributed by atoms with van der Waals surface area (Å²) in [6.07, 6.45) is 1.25. The second kappa shape index (κ2) is 10.9. The van der Waals surface area contributed by atoms with E-state index in [0.717, 1.165) is 0 Å². The van der Waals surface area contributed by atoms with Crippen LogP contribution in [-0.2, 0) is 14.3 Å². The molecule has 0 bridgehead atoms. The lowest BCUT2D eigenvalue weighted by atomic mass is 10.0. The average Bonchev–Trinajstić information content (AvgIpc) is 2.42. The van der Waals surface area contributed by atoms with Crippen LogP contribution in [0.15, 0.2) is 0 Å². The minimum Gasteiger partial charge on any atom is -0.480 e. The molecule has 0 saturated heterocycles. The number of carbonyl (C=O) groups excluding carboxylic acids is 2. The van der Waals surface area contributed by atoms with Crippen LogP contribution in [0.5, 0.6) is 0 Å². The van der Waals surface area contributed by atoms with Crippen LogP contribution in [0.25, 0.3) is 0 Å². The summed E-state index contributed by atoms with van der Waals surface area (Å²) in [7, 11) is 0. The van der Waals surface area contributed by atoms with Gasteiger partial charge in [-0.1, -0.05) is 13.8 Å². The molecule has 5 N–H and O–H groups in total. The van der Waals surface area contributed by atoms with Crippen molar-refractivity contribution in [3.8, 4) is 0 Å². The van der Waals surface area contributed by atoms with Gasteiger partial charge in [0, 0.05) is 0 Å². The number of nitrogens with one attached hydrogen (secondary N) is 2. The standard InChI is InChI=1S/C17H33N3O5/c1-11(2)10-13(20-16(24)25-17(3,4)5)14(21)19-12(15(22)23)8-6-7-9-18/h11-13H,6-10,18H2,1-5H3,(H,19,21)(H,20,24)(H,22,23)/t12-,13-/m1/s1. The van der Waals surface area contributed by atoms with Gasteiger partial charge in [0.25, 0.3) is 0 Å². The normalized spacial score (nSPS) is 13.9. The Labute approximate surface area is 149 Å². The summed E-state index contributed by atoms with van der Waals surface area (Å²) in [5.41, 5.74) is 4.72. The Hall–Kier alpha value is -1.83. The SMILES string of the molecule is CC(C)C[C@@H](NC(=O)OC(C)(C)C)C(=O)N[C@H](CCCCN)C(=O)O. The van der Waals surface area contributed by atoms with Crippen molar-refractivity contribution in [1.29, 1.82) is 0 Å². The van der Waals surface area contributed by atoms with Gasteiger partial charge in [0.05, 0.1) is 0 Å². The van der Waals surface area contributed by atoms with Gasteiger partial charge in [-0.2, -0.15) is 0 Å². The van der Waals surface area contributed by atoms with Crippen molar-refractivity contribution in [1.82, 2.24) is 10.6 Å². The molecule has 0 aliphatic rings. The summed E-state index contributed by atoms with van der Waals surface area (Å²) >= 11 is 0. The number of ether oxygens (including phenoxy) is 1. The zero-order chi connectivity index (χ0) is 19.6. The lowest BCUT2D eigenvalue weighted by molar-refractivity contribution is -0.142. The molecular weight excluding hydrogens is 326 g/mol. The smallest absolute Gasteiger partial charge is 0.408 e. The maximum Gasteiger partial charge on any atom is 0.408 e. The van der Waals surface area contributed by atoms with E-state index in [-0.39, 0.29) is 5.92 Å². The van der Waals surface area contributed by atoms with Crippen molar-refractivity contribution < 1.29 is 24.2 Å². The number of rotatable bonds is 10. The third-order valence-electron chi connectivity index (χ3n) is 3.28. The lowest BCUT2D eigenvalue weighted by Crippen LogP contribution is -2.52. The average molecular weight is 359 g/mol. The number of unbranched alkanes of at least 4 members (excludes halogenated alkanes) is 1. The summed E-state index contributed by atoms with van der Waals surface area (Å²) in [4.78, 5) is 35.7. The molecule has 8 nitrogen and oxygen atoms in total. The van der Waals surface area contributed by atoms with Crippen molar-refractivity contribution in [2.75, 3.05) is 6.54 Å². The van der Waals surface area contributed by atoms with Gasteiger partial charge >= 0.3 is 12.1 Å². The molecule has 0 aromatic heterocycles. The molecule has 0 aliphatic heterocycles. The number of nitrogens with two attached hydrogens (primary N) is 1. The number of hydrogen-bond donors (Lipinski definition) is 4. The Morgan fingerprint density at radius 3 is 2.12 bits per heavy atom. The molecule has 0 aromatic carbocycles. The molecule has 146 valence electrons. The molecule has 2 atom stereocenters. The lowest BCUT2D eigenvalue weighted by Gasteiger charge is -2.25. The number of aliphatic carboxylic acids is 1. The summed E-state index contributed by atoms with van der Waals surface area (Å²) in [5, 5.41) is 14.3. The molecule has 0 spiro atoms. The van der Waals surface area contributed by atoms with E-state index in [1.54, 1.807) is 20.8 Å². The first-order valence-electron chi connectivity index (χ1n) is 8.69. The second-order valence-electron chi connectivity index (χ2n) is 7.51. The van der Waals surface area contributed by atoms with Crippen molar-refractivity contribution in [2.24, 2.45) is 11.7 Å². The van der Waals surface area contributed by atoms with E-state index < -0.39 is 35.7 Å². The van der Waals surface area contributed by atoms with Crippen molar-refractivity contribution >= 4 is 18.0 Å². The Balaban J connectivity index is 4.90. The van der Waals surface area contributed by atoms with E-state index in [0.29, 0.717) is 32.2 Å². The summed E-state index contributed by atoms with van der Waals surface area (Å²) in [5.74, 6) is -1.50. The number of carbonyl (C=O) groups is 3. The number of carboxylic acids is 1. The number of alkyl carbamates (subject to hydrolysis) is 1. The van der Waals surface area contributed by atoms with Gasteiger partial charge in [0.15, 0.2) is 0 Å². The highest BCUT2D eigenvalue weighted by atomic mass is 16.6. The maximum atomic E-state index is 12.5. The van der Waals surface area contributed by atoms with Crippen LogP contribution in [0.3, 0.4) is 0 Å². The highest BCUT2D eigenvalue weighted by Gasteiger charge is 2.28. The van der Waals surface area contributed by atoms with Gasteiger partial charge in [0.1, 0.15) is 17.7 Å². The third kappa shape index (κ3) is 11.4. The predicted octanol–water partition coefficient (Wildman–Crippen LogP) is 1.62. The van der Waals surface area contributed by atoms with E-state index in [1.807, 2.05) is 13.8 Å². The fourth-order valence-electron chi connectivity index (χ4n) is 2.18. The van der Waals surface area contributed by atoms with E-state index in [1.165, 1.54) is 0 Å². The second-order valence-corrected chi connectivity index (χ2v) is 7.51. The van der Waals surface area contributed by atoms with Gasteiger partial charge < -0.3 is 26.2 Å². The van der Waals surface area contributed by atoms with E-state index in [4.69, 9.17) is 10.5 Å². The van der Waals surface area contributed by atoms with Gasteiger partial charge in [-0.15, -0.1) is 0 Å². The Morgan fingerprint density at radius 1 is 1.08 bits per heavy atom. The number of carboxylic acid groups (broad SMARTS) is 1. The highest BCUT2D eigenvalue weighted by molar-refractivity contribution is 5.89. The van der Waals surface area contributed by atoms with Crippen LogP contribution >= 0.6 is 0 Å². The number of amides is 2. The topological polar surface area (TPSA) is 131 Å². The molecule has 0 saturated carbocycles. The first-order chi connectivity index (χ1) is 11.5. The molecule has 0 rings (SSSR count). The third-order valence-corrected chi connectivity index (χ3v) is 3.28. The van der Waals surface area contributed by atoms with Crippen LogP contribution in [-0.4, -0.2) is 47.3 Å². The van der Waals surface area contributed by atoms with Crippen molar-refractivity contribution in [2.45, 2.75) is 78.0 Å². The minimum absolute atomic E-state index is 0.131. The largest absolute Gasteiger partial charge is 0.480 e. The number of hydrogen-bond acceptors (Lipinski definition) is 5. The summed E-state index contributed by atoms with van der Waals surface area (Å²) in [6.45, 7) is 9.46. The summed E-state index contributed by atoms with van der Waals surface area (Å²) in [6, 6.07) is -1.86. The molecule has 0 aromatic rings. The molecular formula is C17H33N3O5. The molecule has 0 fully saturated rings. The van der Waals surface area contributed by atoms with Gasteiger partial charge in [-0.3, -0.25) is 4.79 Å². The first-order valence-corrected chi connectivity index (χ1v) is 8.69. The molecule has 2 amide bonds. The van der Waals surface area contributed by atoms with Crippen LogP contribution in [0.1, 0.15) is 60.3 Å². The summed E-state index contributed by atoms with van der Waals surface area (Å²) < 4.78 is 5.17. The van der Waals surface area contributed by atoms with Crippen molar-refractivity contribution in [3.63, 3.8) is 0 Å². The van der Waals surface area contributed by atoms with Gasteiger partial charge in [0.2, 0.25) is 5.91 Å². The quantitative estimate of drug-likeness (QED) is 0.438. The van der Waals surface area contributed by atoms with Crippen LogP contribution < -0.4 is 16.4 Å². The maximum absolute atomic E-state index is 12.5.